The lowest BCUT2D eigenvalue weighted by Gasteiger charge is -2.08. The van der Waals surface area contributed by atoms with Crippen molar-refractivity contribution in [2.24, 2.45) is 5.10 Å². The van der Waals surface area contributed by atoms with Gasteiger partial charge in [0.05, 0.1) is 26.8 Å². The first-order valence-corrected chi connectivity index (χ1v) is 6.88. The van der Waals surface area contributed by atoms with Gasteiger partial charge in [-0.1, -0.05) is 46.9 Å². The summed E-state index contributed by atoms with van der Waals surface area (Å²) in [6.45, 7) is 0. The van der Waals surface area contributed by atoms with Crippen molar-refractivity contribution in [3.05, 3.63) is 56.7 Å². The molecule has 0 bridgehead atoms. The Kier molecular flexibility index (Phi) is 5.16. The molecule has 116 valence electrons. The van der Waals surface area contributed by atoms with Crippen molar-refractivity contribution in [2.45, 2.75) is 6.18 Å². The summed E-state index contributed by atoms with van der Waals surface area (Å²) in [7, 11) is 0. The summed E-state index contributed by atoms with van der Waals surface area (Å²) in [5.41, 5.74) is 2.04. The number of rotatable bonds is 3. The maximum Gasteiger partial charge on any atom is 0.417 e. The van der Waals surface area contributed by atoms with E-state index in [2.05, 4.69) is 15.5 Å². The Morgan fingerprint density at radius 3 is 2.50 bits per heavy atom. The van der Waals surface area contributed by atoms with Crippen LogP contribution in [0.25, 0.3) is 0 Å². The maximum absolute atomic E-state index is 12.5. The second-order valence-corrected chi connectivity index (χ2v) is 5.26. The molecule has 2 aromatic rings. The summed E-state index contributed by atoms with van der Waals surface area (Å²) < 4.78 is 37.4. The number of hydrogen-bond donors (Lipinski definition) is 1. The molecule has 0 radical (unpaired) electrons. The van der Waals surface area contributed by atoms with Crippen LogP contribution in [0.3, 0.4) is 0 Å². The standard InChI is InChI=1S/C13H7Cl3F3N3/c14-9-3-1-2-7(11(9)16)5-21-22-12-10(15)4-8(6-20-12)13(17,18)19/h1-6H,(H,20,22)/b21-5+. The van der Waals surface area contributed by atoms with Gasteiger partial charge in [0.25, 0.3) is 0 Å². The highest BCUT2D eigenvalue weighted by Gasteiger charge is 2.31. The number of alkyl halides is 3. The van der Waals surface area contributed by atoms with Crippen LogP contribution in [-0.4, -0.2) is 11.2 Å². The number of hydrazone groups is 1. The first-order valence-electron chi connectivity index (χ1n) is 5.75. The Balaban J connectivity index is 2.15. The number of anilines is 1. The molecule has 0 unspecified atom stereocenters. The van der Waals surface area contributed by atoms with Crippen molar-refractivity contribution in [2.75, 3.05) is 5.43 Å². The Labute approximate surface area is 138 Å². The molecule has 0 aliphatic carbocycles. The largest absolute Gasteiger partial charge is 0.417 e. The van der Waals surface area contributed by atoms with Crippen molar-refractivity contribution < 1.29 is 13.2 Å². The molecule has 3 nitrogen and oxygen atoms in total. The molecular weight excluding hydrogens is 362 g/mol. The normalized spacial score (nSPS) is 11.9. The predicted molar refractivity (Wildman–Crippen MR) is 81.9 cm³/mol. The zero-order valence-corrected chi connectivity index (χ0v) is 12.9. The number of benzene rings is 1. The second-order valence-electron chi connectivity index (χ2n) is 4.07. The van der Waals surface area contributed by atoms with Gasteiger partial charge in [0.15, 0.2) is 5.82 Å². The summed E-state index contributed by atoms with van der Waals surface area (Å²) in [5.74, 6) is -0.0101. The van der Waals surface area contributed by atoms with Crippen LogP contribution in [0.5, 0.6) is 0 Å². The van der Waals surface area contributed by atoms with E-state index in [1.54, 1.807) is 18.2 Å². The molecule has 0 saturated heterocycles. The third kappa shape index (κ3) is 4.03. The maximum atomic E-state index is 12.5. The monoisotopic (exact) mass is 367 g/mol. The van der Waals surface area contributed by atoms with Gasteiger partial charge < -0.3 is 0 Å². The van der Waals surface area contributed by atoms with E-state index in [1.165, 1.54) is 6.21 Å². The third-order valence-corrected chi connectivity index (χ3v) is 3.65. The molecule has 1 heterocycles. The zero-order valence-electron chi connectivity index (χ0n) is 10.6. The smallest absolute Gasteiger partial charge is 0.260 e. The fourth-order valence-electron chi connectivity index (χ4n) is 1.46. The van der Waals surface area contributed by atoms with E-state index >= 15 is 0 Å². The first-order chi connectivity index (χ1) is 10.3. The minimum absolute atomic E-state index is 0.0101. The molecule has 0 amide bonds. The van der Waals surface area contributed by atoms with Gasteiger partial charge in [-0.25, -0.2) is 4.98 Å². The molecule has 9 heteroatoms. The third-order valence-electron chi connectivity index (χ3n) is 2.52. The number of nitrogens with one attached hydrogen (secondary N) is 1. The van der Waals surface area contributed by atoms with Crippen LogP contribution in [0, 0.1) is 0 Å². The number of pyridine rings is 1. The molecular formula is C13H7Cl3F3N3. The Morgan fingerprint density at radius 1 is 1.14 bits per heavy atom. The van der Waals surface area contributed by atoms with E-state index in [4.69, 9.17) is 34.8 Å². The summed E-state index contributed by atoms with van der Waals surface area (Å²) in [6.07, 6.45) is -2.49. The lowest BCUT2D eigenvalue weighted by Crippen LogP contribution is -2.06. The molecule has 0 aliphatic heterocycles. The summed E-state index contributed by atoms with van der Waals surface area (Å²) >= 11 is 17.5. The van der Waals surface area contributed by atoms with Crippen LogP contribution in [0.2, 0.25) is 15.1 Å². The predicted octanol–water partition coefficient (Wildman–Crippen LogP) is 5.51. The molecule has 0 saturated carbocycles. The highest BCUT2D eigenvalue weighted by molar-refractivity contribution is 6.43. The van der Waals surface area contributed by atoms with Gasteiger partial charge in [-0.2, -0.15) is 18.3 Å². The van der Waals surface area contributed by atoms with Crippen LogP contribution in [0.15, 0.2) is 35.6 Å². The lowest BCUT2D eigenvalue weighted by atomic mass is 10.2. The number of aromatic nitrogens is 1. The SMILES string of the molecule is FC(F)(F)c1cnc(N/N=C/c2cccc(Cl)c2Cl)c(Cl)c1. The van der Waals surface area contributed by atoms with Crippen molar-refractivity contribution in [1.29, 1.82) is 0 Å². The molecule has 1 N–H and O–H groups in total. The van der Waals surface area contributed by atoms with Gasteiger partial charge in [-0.15, -0.1) is 0 Å². The van der Waals surface area contributed by atoms with E-state index in [1.807, 2.05) is 0 Å². The average molecular weight is 369 g/mol. The average Bonchev–Trinajstić information content (AvgIpc) is 2.44. The van der Waals surface area contributed by atoms with Gasteiger partial charge >= 0.3 is 6.18 Å². The first kappa shape index (κ1) is 16.9. The molecule has 1 aromatic heterocycles. The number of nitrogens with zero attached hydrogens (tertiary/aromatic N) is 2. The summed E-state index contributed by atoms with van der Waals surface area (Å²) in [6, 6.07) is 5.72. The molecule has 1 aromatic carbocycles. The second kappa shape index (κ2) is 6.73. The molecule has 22 heavy (non-hydrogen) atoms. The zero-order chi connectivity index (χ0) is 16.3. The Hall–Kier alpha value is -1.50. The van der Waals surface area contributed by atoms with Crippen molar-refractivity contribution in [3.8, 4) is 0 Å². The van der Waals surface area contributed by atoms with Gasteiger partial charge in [0, 0.05) is 11.8 Å². The van der Waals surface area contributed by atoms with Gasteiger partial charge in [0.2, 0.25) is 0 Å². The van der Waals surface area contributed by atoms with Crippen molar-refractivity contribution >= 4 is 46.8 Å². The topological polar surface area (TPSA) is 37.3 Å². The highest BCUT2D eigenvalue weighted by atomic mass is 35.5. The van der Waals surface area contributed by atoms with Crippen LogP contribution in [0.1, 0.15) is 11.1 Å². The van der Waals surface area contributed by atoms with Crippen LogP contribution >= 0.6 is 34.8 Å². The number of halogens is 6. The van der Waals surface area contributed by atoms with E-state index < -0.39 is 11.7 Å². The molecule has 2 rings (SSSR count). The summed E-state index contributed by atoms with van der Waals surface area (Å²) in [5, 5.41) is 4.28. The van der Waals surface area contributed by atoms with Crippen LogP contribution in [0.4, 0.5) is 19.0 Å². The van der Waals surface area contributed by atoms with Gasteiger partial charge in [-0.05, 0) is 12.1 Å². The minimum Gasteiger partial charge on any atom is -0.260 e. The Bertz CT molecular complexity index is 717. The van der Waals surface area contributed by atoms with Crippen LogP contribution in [-0.2, 0) is 6.18 Å². The molecule has 0 fully saturated rings. The molecule has 0 aliphatic rings. The van der Waals surface area contributed by atoms with E-state index in [-0.39, 0.29) is 10.8 Å². The lowest BCUT2D eigenvalue weighted by molar-refractivity contribution is -0.137. The fourth-order valence-corrected chi connectivity index (χ4v) is 2.02. The van der Waals surface area contributed by atoms with E-state index in [0.717, 1.165) is 6.07 Å². The van der Waals surface area contributed by atoms with Gasteiger partial charge in [0.1, 0.15) is 0 Å². The quantitative estimate of drug-likeness (QED) is 0.573. The van der Waals surface area contributed by atoms with Crippen molar-refractivity contribution in [3.63, 3.8) is 0 Å². The highest BCUT2D eigenvalue weighted by Crippen LogP contribution is 2.32. The molecule has 0 atom stereocenters. The van der Waals surface area contributed by atoms with Crippen molar-refractivity contribution in [1.82, 2.24) is 4.98 Å². The van der Waals surface area contributed by atoms with Crippen LogP contribution < -0.4 is 5.43 Å². The summed E-state index contributed by atoms with van der Waals surface area (Å²) in [4.78, 5) is 3.58. The van der Waals surface area contributed by atoms with Gasteiger partial charge in [-0.3, -0.25) is 5.43 Å². The minimum atomic E-state index is -4.51. The number of hydrogen-bond acceptors (Lipinski definition) is 3. The Morgan fingerprint density at radius 2 is 1.86 bits per heavy atom. The molecule has 0 spiro atoms. The van der Waals surface area contributed by atoms with E-state index in [0.29, 0.717) is 21.8 Å². The van der Waals surface area contributed by atoms with E-state index in [9.17, 15) is 13.2 Å². The fraction of sp³-hybridized carbons (Fsp3) is 0.0769.